The molecule has 0 unspecified atom stereocenters. The van der Waals surface area contributed by atoms with E-state index in [1.54, 1.807) is 13.0 Å². The molecule has 0 spiro atoms. The number of aromatic nitrogens is 2. The van der Waals surface area contributed by atoms with Crippen LogP contribution in [0.2, 0.25) is 0 Å². The average molecular weight is 288 g/mol. The molecule has 0 amide bonds. The Kier molecular flexibility index (Phi) is 4.24. The molecule has 2 aromatic heterocycles. The smallest absolute Gasteiger partial charge is 0.276 e. The van der Waals surface area contributed by atoms with Crippen LogP contribution in [0.5, 0.6) is 0 Å². The lowest BCUT2D eigenvalue weighted by atomic mass is 10.2. The second-order valence-corrected chi connectivity index (χ2v) is 5.12. The van der Waals surface area contributed by atoms with E-state index < -0.39 is 5.92 Å². The molecule has 0 aromatic carbocycles. The van der Waals surface area contributed by atoms with Crippen LogP contribution in [0.25, 0.3) is 11.5 Å². The van der Waals surface area contributed by atoms with Crippen molar-refractivity contribution in [2.75, 3.05) is 5.75 Å². The number of furan rings is 1. The lowest BCUT2D eigenvalue weighted by Gasteiger charge is -2.11. The third kappa shape index (κ3) is 3.56. The Hall–Kier alpha value is -1.37. The quantitative estimate of drug-likeness (QED) is 0.747. The van der Waals surface area contributed by atoms with Crippen LogP contribution < -0.4 is 0 Å². The molecule has 0 N–H and O–H groups in total. The number of alkyl halides is 2. The van der Waals surface area contributed by atoms with Gasteiger partial charge in [0.25, 0.3) is 11.1 Å². The minimum atomic E-state index is -2.63. The number of nitrogens with zero attached hydrogens (tertiary/aromatic N) is 2. The first-order valence-corrected chi connectivity index (χ1v) is 6.89. The molecule has 7 heteroatoms. The summed E-state index contributed by atoms with van der Waals surface area (Å²) in [5.74, 6) is -1.36. The van der Waals surface area contributed by atoms with Crippen molar-refractivity contribution in [2.24, 2.45) is 0 Å². The van der Waals surface area contributed by atoms with Crippen LogP contribution in [0.4, 0.5) is 8.78 Å². The second kappa shape index (κ2) is 5.73. The molecule has 0 saturated heterocycles. The van der Waals surface area contributed by atoms with Gasteiger partial charge in [-0.15, -0.1) is 10.2 Å². The highest BCUT2D eigenvalue weighted by molar-refractivity contribution is 7.99. The van der Waals surface area contributed by atoms with Gasteiger partial charge >= 0.3 is 0 Å². The van der Waals surface area contributed by atoms with Crippen LogP contribution in [0, 0.1) is 6.92 Å². The third-order valence-electron chi connectivity index (χ3n) is 2.71. The van der Waals surface area contributed by atoms with Gasteiger partial charge in [0.2, 0.25) is 5.92 Å². The highest BCUT2D eigenvalue weighted by Gasteiger charge is 2.25. The van der Waals surface area contributed by atoms with Crippen molar-refractivity contribution in [2.45, 2.75) is 37.8 Å². The Morgan fingerprint density at radius 1 is 1.37 bits per heavy atom. The van der Waals surface area contributed by atoms with Gasteiger partial charge in [-0.25, -0.2) is 8.78 Å². The zero-order valence-electron chi connectivity index (χ0n) is 10.7. The number of aryl methyl sites for hydroxylation is 1. The van der Waals surface area contributed by atoms with Gasteiger partial charge in [0.15, 0.2) is 0 Å². The molecule has 19 heavy (non-hydrogen) atoms. The number of rotatable bonds is 6. The Morgan fingerprint density at radius 2 is 2.16 bits per heavy atom. The first-order valence-electron chi connectivity index (χ1n) is 5.90. The van der Waals surface area contributed by atoms with Crippen molar-refractivity contribution in [3.63, 3.8) is 0 Å². The Labute approximate surface area is 113 Å². The molecular formula is C12H14F2N2O2S. The predicted molar refractivity (Wildman–Crippen MR) is 67.3 cm³/mol. The van der Waals surface area contributed by atoms with Gasteiger partial charge in [-0.2, -0.15) is 0 Å². The minimum Gasteiger partial charge on any atom is -0.469 e. The van der Waals surface area contributed by atoms with Crippen molar-refractivity contribution in [3.8, 4) is 11.5 Å². The molecule has 2 aromatic rings. The minimum absolute atomic E-state index is 0.156. The van der Waals surface area contributed by atoms with E-state index in [0.29, 0.717) is 16.9 Å². The fraction of sp³-hybridized carbons (Fsp3) is 0.500. The van der Waals surface area contributed by atoms with Crippen molar-refractivity contribution in [1.29, 1.82) is 0 Å². The topological polar surface area (TPSA) is 52.1 Å². The van der Waals surface area contributed by atoms with E-state index in [4.69, 9.17) is 8.83 Å². The molecule has 104 valence electrons. The van der Waals surface area contributed by atoms with Crippen LogP contribution in [0.15, 0.2) is 26.4 Å². The molecule has 0 aliphatic rings. The summed E-state index contributed by atoms with van der Waals surface area (Å²) in [6.45, 7) is 3.26. The lowest BCUT2D eigenvalue weighted by Crippen LogP contribution is -2.14. The molecule has 2 heterocycles. The molecule has 2 rings (SSSR count). The van der Waals surface area contributed by atoms with E-state index >= 15 is 0 Å². The Bertz CT molecular complexity index is 539. The number of thioether (sulfide) groups is 1. The summed E-state index contributed by atoms with van der Waals surface area (Å²) in [5, 5.41) is 7.98. The molecule has 0 saturated carbocycles. The molecule has 4 nitrogen and oxygen atoms in total. The number of halogens is 2. The van der Waals surface area contributed by atoms with Crippen LogP contribution in [0.3, 0.4) is 0 Å². The van der Waals surface area contributed by atoms with Crippen molar-refractivity contribution in [1.82, 2.24) is 10.2 Å². The zero-order valence-corrected chi connectivity index (χ0v) is 11.5. The van der Waals surface area contributed by atoms with Gasteiger partial charge in [-0.3, -0.25) is 0 Å². The Morgan fingerprint density at radius 3 is 2.79 bits per heavy atom. The van der Waals surface area contributed by atoms with Gasteiger partial charge in [0.1, 0.15) is 5.76 Å². The van der Waals surface area contributed by atoms with Gasteiger partial charge in [0.05, 0.1) is 11.8 Å². The van der Waals surface area contributed by atoms with Crippen molar-refractivity contribution < 1.29 is 17.6 Å². The third-order valence-corrected chi connectivity index (χ3v) is 3.53. The standard InChI is InChI=1S/C12H14F2N2O2S/c1-3-12(13,14)5-7-19-11-16-15-10(18-11)9-4-6-17-8(9)2/h4,6H,3,5,7H2,1-2H3. The molecule has 0 atom stereocenters. The van der Waals surface area contributed by atoms with Crippen LogP contribution in [-0.2, 0) is 0 Å². The van der Waals surface area contributed by atoms with Gasteiger partial charge in [0, 0.05) is 18.6 Å². The normalized spacial score (nSPS) is 12.0. The summed E-state index contributed by atoms with van der Waals surface area (Å²) >= 11 is 1.14. The molecule has 0 aliphatic carbocycles. The fourth-order valence-corrected chi connectivity index (χ4v) is 2.26. The molecular weight excluding hydrogens is 274 g/mol. The van der Waals surface area contributed by atoms with Crippen molar-refractivity contribution >= 4 is 11.8 Å². The highest BCUT2D eigenvalue weighted by atomic mass is 32.2. The molecule has 0 radical (unpaired) electrons. The zero-order chi connectivity index (χ0) is 13.9. The summed E-state index contributed by atoms with van der Waals surface area (Å²) in [4.78, 5) is 0. The maximum Gasteiger partial charge on any atom is 0.276 e. The van der Waals surface area contributed by atoms with E-state index in [1.807, 2.05) is 0 Å². The summed E-state index contributed by atoms with van der Waals surface area (Å²) < 4.78 is 36.6. The fourth-order valence-electron chi connectivity index (χ4n) is 1.45. The summed E-state index contributed by atoms with van der Waals surface area (Å²) in [5.41, 5.74) is 0.721. The SMILES string of the molecule is CCC(F)(F)CCSc1nnc(-c2ccoc2C)o1. The highest BCUT2D eigenvalue weighted by Crippen LogP contribution is 2.29. The maximum atomic E-state index is 13.0. The van der Waals surface area contributed by atoms with E-state index in [9.17, 15) is 8.78 Å². The maximum absolute atomic E-state index is 13.0. The van der Waals surface area contributed by atoms with Crippen LogP contribution in [-0.4, -0.2) is 21.9 Å². The van der Waals surface area contributed by atoms with E-state index in [2.05, 4.69) is 10.2 Å². The van der Waals surface area contributed by atoms with Gasteiger partial charge < -0.3 is 8.83 Å². The number of hydrogen-bond acceptors (Lipinski definition) is 5. The lowest BCUT2D eigenvalue weighted by molar-refractivity contribution is -0.00527. The Balaban J connectivity index is 1.94. The van der Waals surface area contributed by atoms with E-state index in [-0.39, 0.29) is 18.6 Å². The molecule has 0 fully saturated rings. The second-order valence-electron chi connectivity index (χ2n) is 4.07. The monoisotopic (exact) mass is 288 g/mol. The van der Waals surface area contributed by atoms with E-state index in [1.165, 1.54) is 13.2 Å². The predicted octanol–water partition coefficient (Wildman–Crippen LogP) is 4.17. The number of hydrogen-bond donors (Lipinski definition) is 0. The van der Waals surface area contributed by atoms with Crippen LogP contribution in [0.1, 0.15) is 25.5 Å². The summed E-state index contributed by atoms with van der Waals surface area (Å²) in [7, 11) is 0. The molecule has 0 bridgehead atoms. The average Bonchev–Trinajstić information content (AvgIpc) is 2.98. The largest absolute Gasteiger partial charge is 0.469 e. The van der Waals surface area contributed by atoms with Crippen molar-refractivity contribution in [3.05, 3.63) is 18.1 Å². The van der Waals surface area contributed by atoms with Crippen LogP contribution >= 0.6 is 11.8 Å². The van der Waals surface area contributed by atoms with Gasteiger partial charge in [-0.1, -0.05) is 18.7 Å². The van der Waals surface area contributed by atoms with Gasteiger partial charge in [-0.05, 0) is 13.0 Å². The summed E-state index contributed by atoms with van der Waals surface area (Å²) in [6, 6.07) is 1.72. The summed E-state index contributed by atoms with van der Waals surface area (Å²) in [6.07, 6.45) is 1.18. The first-order chi connectivity index (χ1) is 9.02. The molecule has 0 aliphatic heterocycles. The first kappa shape index (κ1) is 14.0. The van der Waals surface area contributed by atoms with E-state index in [0.717, 1.165) is 17.3 Å².